The number of nitrogens with zero attached hydrogens (tertiary/aromatic N) is 6. The third-order valence-electron chi connectivity index (χ3n) is 5.77. The maximum atomic E-state index is 13.3. The molecular weight excluding hydrogens is 420 g/mol. The van der Waals surface area contributed by atoms with Crippen LogP contribution >= 0.6 is 0 Å². The Morgan fingerprint density at radius 3 is 2.42 bits per heavy atom. The SMILES string of the molecule is COc1ccc(OC)c(S(=O)(=O)N2CCN(c3ccc4nnc(C5CC5)n4n3)CC2)c1. The van der Waals surface area contributed by atoms with Gasteiger partial charge in [0, 0.05) is 38.2 Å². The lowest BCUT2D eigenvalue weighted by Crippen LogP contribution is -2.49. The largest absolute Gasteiger partial charge is 0.497 e. The summed E-state index contributed by atoms with van der Waals surface area (Å²) in [5, 5.41) is 13.2. The number of fused-ring (bicyclic) bond motifs is 1. The number of rotatable bonds is 6. The molecule has 0 amide bonds. The van der Waals surface area contributed by atoms with Gasteiger partial charge in [-0.1, -0.05) is 0 Å². The van der Waals surface area contributed by atoms with Gasteiger partial charge in [-0.05, 0) is 37.1 Å². The van der Waals surface area contributed by atoms with Crippen LogP contribution in [0.2, 0.25) is 0 Å². The van der Waals surface area contributed by atoms with E-state index in [1.54, 1.807) is 12.1 Å². The van der Waals surface area contributed by atoms with E-state index in [0.29, 0.717) is 43.6 Å². The summed E-state index contributed by atoms with van der Waals surface area (Å²) in [4.78, 5) is 2.20. The standard InChI is InChI=1S/C20H24N6O4S/c1-29-15-5-6-16(30-2)17(13-15)31(27,28)25-11-9-24(10-12-25)19-8-7-18-21-22-20(14-3-4-14)26(18)23-19/h5-8,13-14H,3-4,9-12H2,1-2H3. The molecule has 0 radical (unpaired) electrons. The van der Waals surface area contributed by atoms with Crippen molar-refractivity contribution in [2.75, 3.05) is 45.3 Å². The molecule has 164 valence electrons. The molecule has 2 aliphatic rings. The Morgan fingerprint density at radius 1 is 0.968 bits per heavy atom. The quantitative estimate of drug-likeness (QED) is 0.564. The first-order valence-corrected chi connectivity index (χ1v) is 11.6. The first kappa shape index (κ1) is 20.0. The lowest BCUT2D eigenvalue weighted by atomic mass is 10.3. The minimum atomic E-state index is -3.72. The molecule has 3 aromatic rings. The van der Waals surface area contributed by atoms with Crippen molar-refractivity contribution in [2.24, 2.45) is 0 Å². The van der Waals surface area contributed by atoms with E-state index in [0.717, 1.165) is 30.1 Å². The Labute approximate surface area is 180 Å². The van der Waals surface area contributed by atoms with Crippen LogP contribution < -0.4 is 14.4 Å². The van der Waals surface area contributed by atoms with Gasteiger partial charge >= 0.3 is 0 Å². The van der Waals surface area contributed by atoms with Crippen molar-refractivity contribution < 1.29 is 17.9 Å². The monoisotopic (exact) mass is 444 g/mol. The second-order valence-corrected chi connectivity index (χ2v) is 9.61. The normalized spacial score (nSPS) is 17.8. The van der Waals surface area contributed by atoms with Gasteiger partial charge in [0.15, 0.2) is 11.5 Å². The Hall–Kier alpha value is -2.92. The minimum absolute atomic E-state index is 0.112. The van der Waals surface area contributed by atoms with Crippen LogP contribution in [0.4, 0.5) is 5.82 Å². The summed E-state index contributed by atoms with van der Waals surface area (Å²) < 4.78 is 40.3. The molecule has 11 heteroatoms. The molecule has 10 nitrogen and oxygen atoms in total. The fraction of sp³-hybridized carbons (Fsp3) is 0.450. The molecular formula is C20H24N6O4S. The molecule has 1 saturated carbocycles. The van der Waals surface area contributed by atoms with Crippen molar-refractivity contribution in [3.8, 4) is 11.5 Å². The van der Waals surface area contributed by atoms with E-state index < -0.39 is 10.0 Å². The number of ether oxygens (including phenoxy) is 2. The Balaban J connectivity index is 1.35. The number of piperazine rings is 1. The fourth-order valence-electron chi connectivity index (χ4n) is 3.84. The number of hydrogen-bond acceptors (Lipinski definition) is 8. The van der Waals surface area contributed by atoms with Gasteiger partial charge in [0.25, 0.3) is 0 Å². The lowest BCUT2D eigenvalue weighted by Gasteiger charge is -2.34. The number of methoxy groups -OCH3 is 2. The molecule has 1 aliphatic heterocycles. The predicted molar refractivity (Wildman–Crippen MR) is 113 cm³/mol. The second-order valence-electron chi connectivity index (χ2n) is 7.70. The van der Waals surface area contributed by atoms with Gasteiger partial charge in [0.2, 0.25) is 10.0 Å². The molecule has 3 heterocycles. The van der Waals surface area contributed by atoms with Gasteiger partial charge in [0.1, 0.15) is 22.2 Å². The summed E-state index contributed by atoms with van der Waals surface area (Å²) >= 11 is 0. The zero-order valence-electron chi connectivity index (χ0n) is 17.4. The molecule has 0 atom stereocenters. The van der Waals surface area contributed by atoms with Gasteiger partial charge in [0.05, 0.1) is 14.2 Å². The number of sulfonamides is 1. The average molecular weight is 445 g/mol. The van der Waals surface area contributed by atoms with Crippen molar-refractivity contribution in [3.63, 3.8) is 0 Å². The summed E-state index contributed by atoms with van der Waals surface area (Å²) in [7, 11) is -0.757. The highest BCUT2D eigenvalue weighted by molar-refractivity contribution is 7.89. The summed E-state index contributed by atoms with van der Waals surface area (Å²) in [5.41, 5.74) is 0.733. The molecule has 0 unspecified atom stereocenters. The van der Waals surface area contributed by atoms with Crippen LogP contribution in [0.3, 0.4) is 0 Å². The summed E-state index contributed by atoms with van der Waals surface area (Å²) in [6, 6.07) is 8.61. The fourth-order valence-corrected chi connectivity index (χ4v) is 5.44. The first-order chi connectivity index (χ1) is 15.0. The van der Waals surface area contributed by atoms with Crippen LogP contribution in [0.25, 0.3) is 5.65 Å². The van der Waals surface area contributed by atoms with Crippen LogP contribution in [-0.2, 0) is 10.0 Å². The molecule has 5 rings (SSSR count). The zero-order valence-corrected chi connectivity index (χ0v) is 18.2. The summed E-state index contributed by atoms with van der Waals surface area (Å²) in [6.45, 7) is 1.76. The molecule has 1 aliphatic carbocycles. The van der Waals surface area contributed by atoms with Crippen LogP contribution in [-0.4, -0.2) is 72.9 Å². The van der Waals surface area contributed by atoms with E-state index in [9.17, 15) is 8.42 Å². The van der Waals surface area contributed by atoms with Gasteiger partial charge in [-0.2, -0.15) is 8.82 Å². The van der Waals surface area contributed by atoms with E-state index in [1.165, 1.54) is 24.6 Å². The Kier molecular flexibility index (Phi) is 4.94. The van der Waals surface area contributed by atoms with Crippen molar-refractivity contribution in [1.29, 1.82) is 0 Å². The van der Waals surface area contributed by atoms with Crippen LogP contribution in [0.1, 0.15) is 24.6 Å². The van der Waals surface area contributed by atoms with E-state index in [2.05, 4.69) is 15.1 Å². The molecule has 31 heavy (non-hydrogen) atoms. The molecule has 1 saturated heterocycles. The lowest BCUT2D eigenvalue weighted by molar-refractivity contribution is 0.370. The van der Waals surface area contributed by atoms with Crippen molar-refractivity contribution in [2.45, 2.75) is 23.7 Å². The van der Waals surface area contributed by atoms with Crippen LogP contribution in [0.15, 0.2) is 35.2 Å². The Bertz CT molecular complexity index is 1220. The highest BCUT2D eigenvalue weighted by Crippen LogP contribution is 2.39. The minimum Gasteiger partial charge on any atom is -0.497 e. The molecule has 2 fully saturated rings. The van der Waals surface area contributed by atoms with Crippen LogP contribution in [0, 0.1) is 0 Å². The van der Waals surface area contributed by atoms with E-state index >= 15 is 0 Å². The highest BCUT2D eigenvalue weighted by Gasteiger charge is 2.32. The van der Waals surface area contributed by atoms with Crippen molar-refractivity contribution in [1.82, 2.24) is 24.1 Å². The number of hydrogen-bond donors (Lipinski definition) is 0. The molecule has 2 aromatic heterocycles. The summed E-state index contributed by atoms with van der Waals surface area (Å²) in [6.07, 6.45) is 2.24. The summed E-state index contributed by atoms with van der Waals surface area (Å²) in [5.74, 6) is 2.91. The van der Waals surface area contributed by atoms with Gasteiger partial charge < -0.3 is 14.4 Å². The van der Waals surface area contributed by atoms with Gasteiger partial charge in [-0.3, -0.25) is 0 Å². The predicted octanol–water partition coefficient (Wildman–Crippen LogP) is 1.53. The van der Waals surface area contributed by atoms with Gasteiger partial charge in [-0.15, -0.1) is 15.3 Å². The molecule has 1 aromatic carbocycles. The molecule has 0 bridgehead atoms. The molecule has 0 spiro atoms. The topological polar surface area (TPSA) is 102 Å². The zero-order chi connectivity index (χ0) is 21.6. The second kappa shape index (κ2) is 7.65. The highest BCUT2D eigenvalue weighted by atomic mass is 32.2. The first-order valence-electron chi connectivity index (χ1n) is 10.2. The van der Waals surface area contributed by atoms with Gasteiger partial charge in [-0.25, -0.2) is 8.42 Å². The van der Waals surface area contributed by atoms with E-state index in [4.69, 9.17) is 14.6 Å². The van der Waals surface area contributed by atoms with Crippen molar-refractivity contribution >= 4 is 21.5 Å². The number of anilines is 1. The van der Waals surface area contributed by atoms with Crippen molar-refractivity contribution in [3.05, 3.63) is 36.2 Å². The van der Waals surface area contributed by atoms with E-state index in [-0.39, 0.29) is 4.90 Å². The number of aromatic nitrogens is 4. The maximum Gasteiger partial charge on any atom is 0.247 e. The third-order valence-corrected chi connectivity index (χ3v) is 7.69. The maximum absolute atomic E-state index is 13.3. The third kappa shape index (κ3) is 3.57. The average Bonchev–Trinajstić information content (AvgIpc) is 3.57. The van der Waals surface area contributed by atoms with E-state index in [1.807, 2.05) is 16.6 Å². The van der Waals surface area contributed by atoms with Crippen LogP contribution in [0.5, 0.6) is 11.5 Å². The Morgan fingerprint density at radius 2 is 1.74 bits per heavy atom. The molecule has 0 N–H and O–H groups in total. The number of benzene rings is 1. The smallest absolute Gasteiger partial charge is 0.247 e.